The van der Waals surface area contributed by atoms with Gasteiger partial charge < -0.3 is 15.1 Å². The molecule has 0 radical (unpaired) electrons. The summed E-state index contributed by atoms with van der Waals surface area (Å²) in [4.78, 5) is 17.2. The van der Waals surface area contributed by atoms with Crippen molar-refractivity contribution in [1.29, 1.82) is 0 Å². The summed E-state index contributed by atoms with van der Waals surface area (Å²) >= 11 is 0. The summed E-state index contributed by atoms with van der Waals surface area (Å²) < 4.78 is 0. The maximum absolute atomic E-state index is 13.5. The molecule has 5 nitrogen and oxygen atoms in total. The molecule has 1 aliphatic rings. The van der Waals surface area contributed by atoms with Crippen LogP contribution in [0.3, 0.4) is 0 Å². The SMILES string of the molecule is CN(CC(O)CO)C(=O)C1(N(C)Cc2ccccc2)Cc2ccccc2C1. The van der Waals surface area contributed by atoms with Crippen LogP contribution in [0.1, 0.15) is 16.7 Å². The summed E-state index contributed by atoms with van der Waals surface area (Å²) in [6.45, 7) is 0.425. The number of rotatable bonds is 7. The second kappa shape index (κ2) is 8.21. The molecule has 2 N–H and O–H groups in total. The number of nitrogens with zero attached hydrogens (tertiary/aromatic N) is 2. The van der Waals surface area contributed by atoms with Crippen LogP contribution in [0.25, 0.3) is 0 Å². The number of benzene rings is 2. The van der Waals surface area contributed by atoms with E-state index in [1.54, 1.807) is 11.9 Å². The standard InChI is InChI=1S/C22H28N2O3/c1-23(15-20(26)16-25)21(27)22(12-18-10-6-7-11-19(18)13-22)24(2)14-17-8-4-3-5-9-17/h3-11,20,25-26H,12-16H2,1-2H3. The normalized spacial score (nSPS) is 16.2. The summed E-state index contributed by atoms with van der Waals surface area (Å²) in [7, 11) is 3.69. The molecule has 5 heteroatoms. The van der Waals surface area contributed by atoms with Gasteiger partial charge in [-0.25, -0.2) is 0 Å². The molecule has 2 aromatic rings. The van der Waals surface area contributed by atoms with Crippen molar-refractivity contribution in [3.05, 3.63) is 71.3 Å². The Morgan fingerprint density at radius 3 is 2.15 bits per heavy atom. The summed E-state index contributed by atoms with van der Waals surface area (Å²) in [6.07, 6.45) is 0.356. The lowest BCUT2D eigenvalue weighted by Gasteiger charge is -2.40. The third-order valence-corrected chi connectivity index (χ3v) is 5.52. The minimum atomic E-state index is -0.931. The van der Waals surface area contributed by atoms with Gasteiger partial charge in [0.2, 0.25) is 5.91 Å². The Morgan fingerprint density at radius 2 is 1.59 bits per heavy atom. The quantitative estimate of drug-likeness (QED) is 0.777. The highest BCUT2D eigenvalue weighted by atomic mass is 16.3. The number of fused-ring (bicyclic) bond motifs is 1. The van der Waals surface area contributed by atoms with E-state index in [0.29, 0.717) is 19.4 Å². The zero-order valence-corrected chi connectivity index (χ0v) is 16.0. The smallest absolute Gasteiger partial charge is 0.243 e. The predicted molar refractivity (Wildman–Crippen MR) is 105 cm³/mol. The molecule has 0 fully saturated rings. The largest absolute Gasteiger partial charge is 0.394 e. The topological polar surface area (TPSA) is 64.0 Å². The van der Waals surface area contributed by atoms with E-state index in [2.05, 4.69) is 29.2 Å². The van der Waals surface area contributed by atoms with E-state index in [9.17, 15) is 9.90 Å². The predicted octanol–water partition coefficient (Wildman–Crippen LogP) is 1.47. The average molecular weight is 368 g/mol. The zero-order valence-electron chi connectivity index (χ0n) is 16.0. The van der Waals surface area contributed by atoms with E-state index in [-0.39, 0.29) is 19.1 Å². The van der Waals surface area contributed by atoms with Gasteiger partial charge in [0.25, 0.3) is 0 Å². The third kappa shape index (κ3) is 4.05. The molecule has 0 spiro atoms. The van der Waals surface area contributed by atoms with Crippen molar-refractivity contribution in [2.45, 2.75) is 31.0 Å². The first-order chi connectivity index (χ1) is 13.0. The highest BCUT2D eigenvalue weighted by molar-refractivity contribution is 5.88. The second-order valence-electron chi connectivity index (χ2n) is 7.52. The van der Waals surface area contributed by atoms with Crippen LogP contribution < -0.4 is 0 Å². The fourth-order valence-electron chi connectivity index (χ4n) is 4.00. The first kappa shape index (κ1) is 19.5. The molecule has 144 valence electrons. The molecule has 0 aliphatic heterocycles. The molecule has 1 unspecified atom stereocenters. The number of aliphatic hydroxyl groups excluding tert-OH is 2. The van der Waals surface area contributed by atoms with Gasteiger partial charge >= 0.3 is 0 Å². The first-order valence-corrected chi connectivity index (χ1v) is 9.32. The Kier molecular flexibility index (Phi) is 5.95. The van der Waals surface area contributed by atoms with Crippen molar-refractivity contribution in [2.75, 3.05) is 27.2 Å². The number of carbonyl (C=O) groups excluding carboxylic acids is 1. The van der Waals surface area contributed by atoms with Gasteiger partial charge in [-0.05, 0) is 23.7 Å². The molecule has 1 amide bonds. The number of likely N-dealkylation sites (N-methyl/N-ethyl adjacent to an activating group) is 2. The lowest BCUT2D eigenvalue weighted by atomic mass is 9.91. The van der Waals surface area contributed by atoms with Crippen LogP contribution >= 0.6 is 0 Å². The van der Waals surface area contributed by atoms with Gasteiger partial charge in [0, 0.05) is 33.0 Å². The Hall–Kier alpha value is -2.21. The number of hydrogen-bond acceptors (Lipinski definition) is 4. The van der Waals surface area contributed by atoms with Crippen molar-refractivity contribution < 1.29 is 15.0 Å². The molecule has 0 aromatic heterocycles. The van der Waals surface area contributed by atoms with E-state index >= 15 is 0 Å². The Bertz CT molecular complexity index is 753. The van der Waals surface area contributed by atoms with Gasteiger partial charge in [0.05, 0.1) is 12.7 Å². The van der Waals surface area contributed by atoms with Gasteiger partial charge in [-0.3, -0.25) is 9.69 Å². The van der Waals surface area contributed by atoms with Gasteiger partial charge in [0.15, 0.2) is 0 Å². The molecule has 0 saturated carbocycles. The fourth-order valence-corrected chi connectivity index (χ4v) is 4.00. The van der Waals surface area contributed by atoms with Gasteiger partial charge in [-0.15, -0.1) is 0 Å². The molecular weight excluding hydrogens is 340 g/mol. The number of carbonyl (C=O) groups is 1. The van der Waals surface area contributed by atoms with Crippen LogP contribution in [0.5, 0.6) is 0 Å². The number of hydrogen-bond donors (Lipinski definition) is 2. The van der Waals surface area contributed by atoms with Crippen LogP contribution in [0.15, 0.2) is 54.6 Å². The van der Waals surface area contributed by atoms with Gasteiger partial charge in [-0.2, -0.15) is 0 Å². The van der Waals surface area contributed by atoms with Gasteiger partial charge in [0.1, 0.15) is 5.54 Å². The second-order valence-corrected chi connectivity index (χ2v) is 7.52. The zero-order chi connectivity index (χ0) is 19.4. The Balaban J connectivity index is 1.89. The monoisotopic (exact) mass is 368 g/mol. The Morgan fingerprint density at radius 1 is 1.04 bits per heavy atom. The minimum Gasteiger partial charge on any atom is -0.394 e. The third-order valence-electron chi connectivity index (χ3n) is 5.52. The van der Waals surface area contributed by atoms with E-state index < -0.39 is 11.6 Å². The lowest BCUT2D eigenvalue weighted by Crippen LogP contribution is -2.59. The van der Waals surface area contributed by atoms with Crippen molar-refractivity contribution in [2.24, 2.45) is 0 Å². The van der Waals surface area contributed by atoms with E-state index in [4.69, 9.17) is 5.11 Å². The van der Waals surface area contributed by atoms with Crippen LogP contribution in [-0.4, -0.2) is 64.8 Å². The first-order valence-electron chi connectivity index (χ1n) is 9.32. The van der Waals surface area contributed by atoms with E-state index in [0.717, 1.165) is 5.56 Å². The number of amides is 1. The van der Waals surface area contributed by atoms with Crippen LogP contribution in [0, 0.1) is 0 Å². The summed E-state index contributed by atoms with van der Waals surface area (Å²) in [5.74, 6) is -0.0235. The molecule has 0 saturated heterocycles. The molecule has 27 heavy (non-hydrogen) atoms. The lowest BCUT2D eigenvalue weighted by molar-refractivity contribution is -0.144. The van der Waals surface area contributed by atoms with Crippen molar-refractivity contribution >= 4 is 5.91 Å². The fraction of sp³-hybridized carbons (Fsp3) is 0.409. The molecule has 0 bridgehead atoms. The molecule has 3 rings (SSSR count). The Labute approximate surface area is 160 Å². The summed E-state index contributed by atoms with van der Waals surface area (Å²) in [6, 6.07) is 18.3. The maximum Gasteiger partial charge on any atom is 0.243 e. The van der Waals surface area contributed by atoms with E-state index in [1.807, 2.05) is 37.4 Å². The molecule has 2 aromatic carbocycles. The molecule has 1 atom stereocenters. The summed E-state index contributed by atoms with van der Waals surface area (Å²) in [5.41, 5.74) is 2.86. The maximum atomic E-state index is 13.5. The van der Waals surface area contributed by atoms with E-state index in [1.165, 1.54) is 11.1 Å². The van der Waals surface area contributed by atoms with Gasteiger partial charge in [-0.1, -0.05) is 54.6 Å². The van der Waals surface area contributed by atoms with Crippen LogP contribution in [0.2, 0.25) is 0 Å². The van der Waals surface area contributed by atoms with Crippen molar-refractivity contribution in [3.8, 4) is 0 Å². The van der Waals surface area contributed by atoms with Crippen molar-refractivity contribution in [3.63, 3.8) is 0 Å². The molecular formula is C22H28N2O3. The van der Waals surface area contributed by atoms with Crippen molar-refractivity contribution in [1.82, 2.24) is 9.80 Å². The highest BCUT2D eigenvalue weighted by Crippen LogP contribution is 2.36. The summed E-state index contributed by atoms with van der Waals surface area (Å²) in [5, 5.41) is 18.9. The molecule has 0 heterocycles. The molecule has 1 aliphatic carbocycles. The van der Waals surface area contributed by atoms with Crippen LogP contribution in [-0.2, 0) is 24.2 Å². The average Bonchev–Trinajstić information content (AvgIpc) is 3.08. The highest BCUT2D eigenvalue weighted by Gasteiger charge is 2.48. The van der Waals surface area contributed by atoms with Crippen LogP contribution in [0.4, 0.5) is 0 Å². The minimum absolute atomic E-state index is 0.0235. The number of aliphatic hydroxyl groups is 2.